The van der Waals surface area contributed by atoms with Crippen molar-refractivity contribution in [1.82, 2.24) is 0 Å². The summed E-state index contributed by atoms with van der Waals surface area (Å²) in [5, 5.41) is 0. The third kappa shape index (κ3) is 2.49. The van der Waals surface area contributed by atoms with Gasteiger partial charge in [0, 0.05) is 18.4 Å². The Morgan fingerprint density at radius 2 is 2.11 bits per heavy atom. The largest absolute Gasteiger partial charge is 0.441 e. The van der Waals surface area contributed by atoms with Crippen LogP contribution in [-0.2, 0) is 9.53 Å². The Balaban J connectivity index is 2.19. The quantitative estimate of drug-likeness (QED) is 0.546. The van der Waals surface area contributed by atoms with Crippen molar-refractivity contribution in [2.75, 3.05) is 11.5 Å². The number of carbonyl (C=O) groups is 1. The molecule has 1 aliphatic rings. The third-order valence-electron chi connectivity index (χ3n) is 0.853. The lowest BCUT2D eigenvalue weighted by molar-refractivity contribution is -0.139. The maximum Gasteiger partial charge on any atom is 0.304 e. The van der Waals surface area contributed by atoms with E-state index in [0.29, 0.717) is 0 Å². The van der Waals surface area contributed by atoms with Crippen molar-refractivity contribution in [3.8, 4) is 0 Å². The number of ether oxygens (including phenoxy) is 1. The van der Waals surface area contributed by atoms with Gasteiger partial charge in [-0.1, -0.05) is 0 Å². The van der Waals surface area contributed by atoms with Gasteiger partial charge in [0.2, 0.25) is 0 Å². The van der Waals surface area contributed by atoms with Crippen LogP contribution in [0, 0.1) is 0 Å². The van der Waals surface area contributed by atoms with E-state index in [0.717, 1.165) is 11.5 Å². The van der Waals surface area contributed by atoms with Gasteiger partial charge in [-0.05, 0) is 0 Å². The van der Waals surface area contributed by atoms with E-state index < -0.39 is 0 Å². The van der Waals surface area contributed by atoms with Crippen molar-refractivity contribution in [2.24, 2.45) is 0 Å². The molecule has 0 radical (unpaired) electrons. The van der Waals surface area contributed by atoms with Crippen LogP contribution in [0.5, 0.6) is 0 Å². The first kappa shape index (κ1) is 7.28. The molecule has 4 heteroatoms. The molecule has 0 aliphatic carbocycles. The summed E-state index contributed by atoms with van der Waals surface area (Å²) in [7, 11) is 0. The Morgan fingerprint density at radius 3 is 2.56 bits per heavy atom. The predicted molar refractivity (Wildman–Crippen MR) is 40.5 cm³/mol. The summed E-state index contributed by atoms with van der Waals surface area (Å²) >= 11 is 3.38. The van der Waals surface area contributed by atoms with Crippen LogP contribution in [0.1, 0.15) is 6.92 Å². The van der Waals surface area contributed by atoms with Crippen LogP contribution in [0.3, 0.4) is 0 Å². The minimum atomic E-state index is -0.179. The molecule has 0 saturated carbocycles. The van der Waals surface area contributed by atoms with E-state index in [-0.39, 0.29) is 10.7 Å². The molecular formula is C5H8O2S2. The highest BCUT2D eigenvalue weighted by Crippen LogP contribution is 2.32. The summed E-state index contributed by atoms with van der Waals surface area (Å²) in [6.45, 7) is 1.44. The summed E-state index contributed by atoms with van der Waals surface area (Å²) in [6, 6.07) is 0. The molecule has 2 nitrogen and oxygen atoms in total. The molecule has 0 aromatic rings. The number of esters is 1. The van der Waals surface area contributed by atoms with Crippen LogP contribution < -0.4 is 0 Å². The molecule has 0 N–H and O–H groups in total. The standard InChI is InChI=1S/C5H8O2S2/c1-4(6)7-5-8-2-3-9-5/h5H,2-3H2,1H3. The fourth-order valence-electron chi connectivity index (χ4n) is 0.540. The second-order valence-corrected chi connectivity index (χ2v) is 4.28. The van der Waals surface area contributed by atoms with Gasteiger partial charge in [-0.15, -0.1) is 23.5 Å². The topological polar surface area (TPSA) is 26.3 Å². The van der Waals surface area contributed by atoms with Crippen LogP contribution in [0.15, 0.2) is 0 Å². The van der Waals surface area contributed by atoms with E-state index in [9.17, 15) is 4.79 Å². The highest BCUT2D eigenvalue weighted by atomic mass is 32.2. The van der Waals surface area contributed by atoms with Gasteiger partial charge in [-0.2, -0.15) is 0 Å². The van der Waals surface area contributed by atoms with Crippen molar-refractivity contribution in [3.63, 3.8) is 0 Å². The van der Waals surface area contributed by atoms with Crippen molar-refractivity contribution in [2.45, 2.75) is 11.7 Å². The van der Waals surface area contributed by atoms with Crippen LogP contribution >= 0.6 is 23.5 Å². The number of rotatable bonds is 1. The highest BCUT2D eigenvalue weighted by molar-refractivity contribution is 8.19. The number of thioether (sulfide) groups is 2. The van der Waals surface area contributed by atoms with Crippen molar-refractivity contribution in [3.05, 3.63) is 0 Å². The highest BCUT2D eigenvalue weighted by Gasteiger charge is 2.17. The van der Waals surface area contributed by atoms with Gasteiger partial charge >= 0.3 is 5.97 Å². The fourth-order valence-corrected chi connectivity index (χ4v) is 3.06. The van der Waals surface area contributed by atoms with E-state index >= 15 is 0 Å². The molecule has 0 unspecified atom stereocenters. The lowest BCUT2D eigenvalue weighted by Gasteiger charge is -2.05. The minimum Gasteiger partial charge on any atom is -0.441 e. The third-order valence-corrected chi connectivity index (χ3v) is 3.54. The van der Waals surface area contributed by atoms with Crippen LogP contribution in [0.25, 0.3) is 0 Å². The fraction of sp³-hybridized carbons (Fsp3) is 0.800. The molecule has 1 rings (SSSR count). The normalized spacial score (nSPS) is 20.1. The van der Waals surface area contributed by atoms with Gasteiger partial charge < -0.3 is 4.74 Å². The van der Waals surface area contributed by atoms with E-state index in [1.165, 1.54) is 6.92 Å². The maximum atomic E-state index is 10.4. The van der Waals surface area contributed by atoms with E-state index in [1.807, 2.05) is 0 Å². The number of carbonyl (C=O) groups excluding carboxylic acids is 1. The molecule has 0 spiro atoms. The van der Waals surface area contributed by atoms with Gasteiger partial charge in [-0.25, -0.2) is 0 Å². The van der Waals surface area contributed by atoms with E-state index in [2.05, 4.69) is 0 Å². The zero-order valence-electron chi connectivity index (χ0n) is 5.12. The molecule has 1 heterocycles. The monoisotopic (exact) mass is 164 g/mol. The average molecular weight is 164 g/mol. The zero-order valence-corrected chi connectivity index (χ0v) is 6.76. The van der Waals surface area contributed by atoms with Crippen molar-refractivity contribution < 1.29 is 9.53 Å². The van der Waals surface area contributed by atoms with Gasteiger partial charge in [0.05, 0.1) is 0 Å². The summed E-state index contributed by atoms with van der Waals surface area (Å²) in [5.74, 6) is 2.02. The molecule has 0 amide bonds. The molecule has 1 fully saturated rings. The minimum absolute atomic E-state index is 0.0718. The Hall–Kier alpha value is 0.170. The molecule has 1 aliphatic heterocycles. The average Bonchev–Trinajstić information content (AvgIpc) is 2.15. The molecule has 52 valence electrons. The van der Waals surface area contributed by atoms with Crippen molar-refractivity contribution in [1.29, 1.82) is 0 Å². The maximum absolute atomic E-state index is 10.4. The Kier molecular flexibility index (Phi) is 2.72. The molecular weight excluding hydrogens is 156 g/mol. The lowest BCUT2D eigenvalue weighted by Crippen LogP contribution is -2.04. The second-order valence-electron chi connectivity index (χ2n) is 1.64. The summed E-state index contributed by atoms with van der Waals surface area (Å²) in [6.07, 6.45) is 0. The van der Waals surface area contributed by atoms with Crippen LogP contribution in [-0.4, -0.2) is 22.2 Å². The first-order valence-corrected chi connectivity index (χ1v) is 4.79. The predicted octanol–water partition coefficient (Wildman–Crippen LogP) is 1.31. The summed E-state index contributed by atoms with van der Waals surface area (Å²) in [4.78, 5) is 10.4. The van der Waals surface area contributed by atoms with Gasteiger partial charge in [-0.3, -0.25) is 4.79 Å². The molecule has 1 saturated heterocycles. The molecule has 0 aromatic heterocycles. The second kappa shape index (κ2) is 3.37. The Morgan fingerprint density at radius 1 is 1.56 bits per heavy atom. The van der Waals surface area contributed by atoms with Gasteiger partial charge in [0.25, 0.3) is 0 Å². The first-order valence-electron chi connectivity index (χ1n) is 2.69. The van der Waals surface area contributed by atoms with Crippen LogP contribution in [0.2, 0.25) is 0 Å². The molecule has 0 bridgehead atoms. The summed E-state index contributed by atoms with van der Waals surface area (Å²) in [5.41, 5.74) is 0. The van der Waals surface area contributed by atoms with Gasteiger partial charge in [0.15, 0.2) is 4.77 Å². The molecule has 0 atom stereocenters. The Labute approximate surface area is 62.7 Å². The number of hydrogen-bond acceptors (Lipinski definition) is 4. The van der Waals surface area contributed by atoms with E-state index in [1.54, 1.807) is 23.5 Å². The Bertz CT molecular complexity index is 110. The van der Waals surface area contributed by atoms with Crippen LogP contribution in [0.4, 0.5) is 0 Å². The van der Waals surface area contributed by atoms with Crippen molar-refractivity contribution >= 4 is 29.5 Å². The lowest BCUT2D eigenvalue weighted by atomic mass is 10.8. The zero-order chi connectivity index (χ0) is 6.69. The first-order chi connectivity index (χ1) is 4.29. The molecule has 0 aromatic carbocycles. The summed E-state index contributed by atoms with van der Waals surface area (Å²) < 4.78 is 4.97. The molecule has 9 heavy (non-hydrogen) atoms. The van der Waals surface area contributed by atoms with E-state index in [4.69, 9.17) is 4.74 Å². The van der Waals surface area contributed by atoms with Gasteiger partial charge in [0.1, 0.15) is 0 Å². The smallest absolute Gasteiger partial charge is 0.304 e. The number of hydrogen-bond donors (Lipinski definition) is 0. The SMILES string of the molecule is CC(=O)OC1SCCS1.